The summed E-state index contributed by atoms with van der Waals surface area (Å²) in [5.74, 6) is -0.551. The van der Waals surface area contributed by atoms with Gasteiger partial charge in [-0.25, -0.2) is 14.4 Å². The number of aliphatic hydroxyl groups excluding tert-OH is 1. The van der Waals surface area contributed by atoms with E-state index in [4.69, 9.17) is 15.1 Å². The van der Waals surface area contributed by atoms with Crippen molar-refractivity contribution >= 4 is 18.0 Å². The molecule has 0 aromatic carbocycles. The van der Waals surface area contributed by atoms with E-state index in [1.165, 1.54) is 0 Å². The maximum Gasteiger partial charge on any atom is 0.356 e. The number of aliphatic hydroxyl groups is 1. The quantitative estimate of drug-likeness (QED) is 0.322. The van der Waals surface area contributed by atoms with Crippen LogP contribution in [0.2, 0.25) is 0 Å². The highest BCUT2D eigenvalue weighted by molar-refractivity contribution is 7.96. The Morgan fingerprint density at radius 1 is 1.37 bits per heavy atom. The predicted octanol–water partition coefficient (Wildman–Crippen LogP) is 2.08. The molecule has 8 heteroatoms. The summed E-state index contributed by atoms with van der Waals surface area (Å²) in [5, 5.41) is 17.7. The summed E-state index contributed by atoms with van der Waals surface area (Å²) in [6.45, 7) is 1.29. The number of hydrogen-bond donors (Lipinski definition) is 2. The standard InChI is InChI=1S/C11H19FO6S/c1-11(12,19-18-17-15)10(14)16-7-9-4-2-8(6-13)3-5-9/h8-9,13,15H,2-7H2,1H3. The minimum Gasteiger partial charge on any atom is -0.462 e. The molecule has 112 valence electrons. The van der Waals surface area contributed by atoms with E-state index in [1.807, 2.05) is 0 Å². The minimum atomic E-state index is -2.44. The number of esters is 1. The summed E-state index contributed by atoms with van der Waals surface area (Å²) < 4.78 is 22.5. The summed E-state index contributed by atoms with van der Waals surface area (Å²) in [6, 6.07) is 0. The molecule has 0 aliphatic heterocycles. The topological polar surface area (TPSA) is 85.2 Å². The highest BCUT2D eigenvalue weighted by Gasteiger charge is 2.38. The molecule has 1 aliphatic rings. The zero-order valence-electron chi connectivity index (χ0n) is 10.7. The van der Waals surface area contributed by atoms with Crippen LogP contribution in [-0.2, 0) is 18.9 Å². The van der Waals surface area contributed by atoms with Crippen LogP contribution in [0.3, 0.4) is 0 Å². The Kier molecular flexibility index (Phi) is 7.01. The van der Waals surface area contributed by atoms with Gasteiger partial charge in [0, 0.05) is 6.61 Å². The molecule has 19 heavy (non-hydrogen) atoms. The fourth-order valence-corrected chi connectivity index (χ4v) is 2.30. The van der Waals surface area contributed by atoms with Gasteiger partial charge in [0.2, 0.25) is 0 Å². The lowest BCUT2D eigenvalue weighted by atomic mass is 9.83. The van der Waals surface area contributed by atoms with Gasteiger partial charge in [-0.15, -0.1) is 4.33 Å². The monoisotopic (exact) mass is 298 g/mol. The molecule has 1 fully saturated rings. The smallest absolute Gasteiger partial charge is 0.356 e. The van der Waals surface area contributed by atoms with Crippen LogP contribution in [0.4, 0.5) is 4.39 Å². The first-order valence-corrected chi connectivity index (χ1v) is 6.86. The van der Waals surface area contributed by atoms with Crippen molar-refractivity contribution in [2.45, 2.75) is 37.6 Å². The molecule has 1 aliphatic carbocycles. The molecule has 1 unspecified atom stereocenters. The van der Waals surface area contributed by atoms with Crippen molar-refractivity contribution in [3.63, 3.8) is 0 Å². The Labute approximate surface area is 115 Å². The molecule has 0 bridgehead atoms. The third kappa shape index (κ3) is 5.62. The maximum absolute atomic E-state index is 13.7. The van der Waals surface area contributed by atoms with Crippen LogP contribution in [0, 0.1) is 11.8 Å². The van der Waals surface area contributed by atoms with Crippen LogP contribution < -0.4 is 0 Å². The summed E-state index contributed by atoms with van der Waals surface area (Å²) in [7, 11) is 0. The maximum atomic E-state index is 13.7. The second kappa shape index (κ2) is 8.01. The Bertz CT molecular complexity index is 280. The number of hydrogen-bond acceptors (Lipinski definition) is 7. The van der Waals surface area contributed by atoms with Gasteiger partial charge in [-0.3, -0.25) is 0 Å². The average molecular weight is 298 g/mol. The number of alkyl halides is 1. The van der Waals surface area contributed by atoms with Crippen LogP contribution in [0.1, 0.15) is 32.6 Å². The molecular formula is C11H19FO6S. The van der Waals surface area contributed by atoms with E-state index in [0.717, 1.165) is 32.6 Å². The molecule has 6 nitrogen and oxygen atoms in total. The molecule has 0 aromatic rings. The van der Waals surface area contributed by atoms with Crippen molar-refractivity contribution in [2.75, 3.05) is 13.2 Å². The molecule has 0 radical (unpaired) electrons. The molecule has 2 N–H and O–H groups in total. The lowest BCUT2D eigenvalue weighted by molar-refractivity contribution is -0.432. The Morgan fingerprint density at radius 2 is 1.95 bits per heavy atom. The molecule has 0 saturated heterocycles. The van der Waals surface area contributed by atoms with Gasteiger partial charge >= 0.3 is 5.97 Å². The number of ether oxygens (including phenoxy) is 1. The summed E-state index contributed by atoms with van der Waals surface area (Å²) in [4.78, 5) is 11.5. The van der Waals surface area contributed by atoms with E-state index >= 15 is 0 Å². The third-order valence-electron chi connectivity index (χ3n) is 3.26. The van der Waals surface area contributed by atoms with E-state index in [1.54, 1.807) is 0 Å². The highest BCUT2D eigenvalue weighted by Crippen LogP contribution is 2.31. The summed E-state index contributed by atoms with van der Waals surface area (Å²) in [6.07, 6.45) is 3.49. The van der Waals surface area contributed by atoms with Gasteiger partial charge in [-0.05, 0) is 44.4 Å². The van der Waals surface area contributed by atoms with Crippen molar-refractivity contribution < 1.29 is 33.7 Å². The van der Waals surface area contributed by atoms with Gasteiger partial charge in [-0.1, -0.05) is 5.04 Å². The number of halogens is 1. The van der Waals surface area contributed by atoms with E-state index in [-0.39, 0.29) is 31.2 Å². The summed E-state index contributed by atoms with van der Waals surface area (Å²) in [5.41, 5.74) is 0. The Hall–Kier alpha value is -0.410. The van der Waals surface area contributed by atoms with Gasteiger partial charge in [0.15, 0.2) is 0 Å². The lowest BCUT2D eigenvalue weighted by Crippen LogP contribution is -2.31. The zero-order chi connectivity index (χ0) is 14.3. The van der Waals surface area contributed by atoms with E-state index in [0.29, 0.717) is 5.92 Å². The minimum absolute atomic E-state index is 0.0309. The van der Waals surface area contributed by atoms with Gasteiger partial charge in [-0.2, -0.15) is 0 Å². The molecular weight excluding hydrogens is 279 g/mol. The Balaban J connectivity index is 2.26. The largest absolute Gasteiger partial charge is 0.462 e. The number of carbonyl (C=O) groups excluding carboxylic acids is 1. The molecule has 0 amide bonds. The fourth-order valence-electron chi connectivity index (χ4n) is 2.02. The number of rotatable bonds is 7. The van der Waals surface area contributed by atoms with Gasteiger partial charge < -0.3 is 9.84 Å². The fraction of sp³-hybridized carbons (Fsp3) is 0.909. The van der Waals surface area contributed by atoms with Crippen LogP contribution in [0.15, 0.2) is 0 Å². The third-order valence-corrected chi connectivity index (χ3v) is 3.87. The summed E-state index contributed by atoms with van der Waals surface area (Å²) >= 11 is 0.0309. The van der Waals surface area contributed by atoms with Gasteiger partial charge in [0.25, 0.3) is 5.00 Å². The SMILES string of the molecule is CC(F)(SOOO)C(=O)OCC1CCC(CO)CC1. The van der Waals surface area contributed by atoms with Crippen molar-refractivity contribution in [2.24, 2.45) is 11.8 Å². The first-order chi connectivity index (χ1) is 8.99. The van der Waals surface area contributed by atoms with Crippen LogP contribution in [0.25, 0.3) is 0 Å². The van der Waals surface area contributed by atoms with Crippen molar-refractivity contribution in [3.05, 3.63) is 0 Å². The molecule has 1 atom stereocenters. The Morgan fingerprint density at radius 3 is 2.47 bits per heavy atom. The zero-order valence-corrected chi connectivity index (χ0v) is 11.5. The first kappa shape index (κ1) is 16.6. The lowest BCUT2D eigenvalue weighted by Gasteiger charge is -2.27. The van der Waals surface area contributed by atoms with Gasteiger partial charge in [0.05, 0.1) is 18.6 Å². The molecule has 1 rings (SSSR count). The normalized spacial score (nSPS) is 26.7. The first-order valence-electron chi connectivity index (χ1n) is 6.12. The molecule has 0 heterocycles. The molecule has 0 aromatic heterocycles. The number of carbonyl (C=O) groups is 1. The second-order valence-electron chi connectivity index (χ2n) is 4.81. The van der Waals surface area contributed by atoms with Gasteiger partial charge in [0.1, 0.15) is 0 Å². The van der Waals surface area contributed by atoms with Crippen LogP contribution in [0.5, 0.6) is 0 Å². The molecule has 0 spiro atoms. The second-order valence-corrected chi connectivity index (χ2v) is 5.88. The van der Waals surface area contributed by atoms with Crippen LogP contribution in [-0.4, -0.2) is 34.5 Å². The highest BCUT2D eigenvalue weighted by atomic mass is 32.2. The molecule has 1 saturated carbocycles. The van der Waals surface area contributed by atoms with E-state index in [9.17, 15) is 9.18 Å². The van der Waals surface area contributed by atoms with Crippen molar-refractivity contribution in [1.29, 1.82) is 0 Å². The van der Waals surface area contributed by atoms with Crippen LogP contribution >= 0.6 is 12.0 Å². The van der Waals surface area contributed by atoms with Crippen molar-refractivity contribution in [3.8, 4) is 0 Å². The van der Waals surface area contributed by atoms with E-state index < -0.39 is 11.0 Å². The van der Waals surface area contributed by atoms with E-state index in [2.05, 4.69) is 9.37 Å². The van der Waals surface area contributed by atoms with Crippen molar-refractivity contribution in [1.82, 2.24) is 0 Å². The average Bonchev–Trinajstić information content (AvgIpc) is 2.43. The predicted molar refractivity (Wildman–Crippen MR) is 65.4 cm³/mol.